The van der Waals surface area contributed by atoms with E-state index in [1.54, 1.807) is 0 Å². The summed E-state index contributed by atoms with van der Waals surface area (Å²) in [5.41, 5.74) is 4.90. The van der Waals surface area contributed by atoms with E-state index in [1.165, 1.54) is 32.3 Å². The predicted octanol–water partition coefficient (Wildman–Crippen LogP) is 4.82. The Bertz CT molecular complexity index is 1220. The fourth-order valence-electron chi connectivity index (χ4n) is 4.93. The highest BCUT2D eigenvalue weighted by Gasteiger charge is 2.52. The van der Waals surface area contributed by atoms with Crippen molar-refractivity contribution in [1.29, 1.82) is 0 Å². The van der Waals surface area contributed by atoms with Gasteiger partial charge in [0.2, 0.25) is 0 Å². The molecule has 0 bridgehead atoms. The van der Waals surface area contributed by atoms with Crippen LogP contribution in [0.2, 0.25) is 0 Å². The molecular formula is C28H22N2P+. The zero-order valence-corrected chi connectivity index (χ0v) is 18.0. The summed E-state index contributed by atoms with van der Waals surface area (Å²) in [6.45, 7) is 0. The number of aliphatic imine (C=N–C) groups is 2. The summed E-state index contributed by atoms with van der Waals surface area (Å²) in [6.07, 6.45) is 5.90. The Morgan fingerprint density at radius 1 is 0.484 bits per heavy atom. The van der Waals surface area contributed by atoms with Gasteiger partial charge < -0.3 is 0 Å². The summed E-state index contributed by atoms with van der Waals surface area (Å²) in [5, 5.41) is 5.33. The summed E-state index contributed by atoms with van der Waals surface area (Å²) < 4.78 is 0. The van der Waals surface area contributed by atoms with Crippen LogP contribution in [0.4, 0.5) is 11.4 Å². The van der Waals surface area contributed by atoms with Gasteiger partial charge in [-0.3, -0.25) is 9.98 Å². The molecule has 2 nitrogen and oxygen atoms in total. The molecule has 0 saturated heterocycles. The molecule has 2 aliphatic heterocycles. The minimum absolute atomic E-state index is 0.901. The zero-order chi connectivity index (χ0) is 20.7. The van der Waals surface area contributed by atoms with Crippen molar-refractivity contribution in [2.45, 2.75) is 12.8 Å². The molecule has 31 heavy (non-hydrogen) atoms. The number of benzene rings is 4. The summed E-state index contributed by atoms with van der Waals surface area (Å²) >= 11 is 0. The minimum Gasteiger partial charge on any atom is -0.256 e. The van der Waals surface area contributed by atoms with E-state index < -0.39 is 7.26 Å². The molecular weight excluding hydrogens is 395 g/mol. The molecule has 0 saturated carbocycles. The predicted molar refractivity (Wildman–Crippen MR) is 135 cm³/mol. The van der Waals surface area contributed by atoms with Crippen molar-refractivity contribution >= 4 is 52.3 Å². The molecule has 2 aliphatic rings. The fraction of sp³-hybridized carbons (Fsp3) is 0.0714. The average Bonchev–Trinajstić information content (AvgIpc) is 3.51. The molecule has 0 spiro atoms. The molecule has 0 amide bonds. The molecule has 0 aromatic heterocycles. The van der Waals surface area contributed by atoms with Gasteiger partial charge in [-0.2, -0.15) is 0 Å². The Morgan fingerprint density at radius 2 is 0.935 bits per heavy atom. The van der Waals surface area contributed by atoms with Crippen LogP contribution in [0.25, 0.3) is 0 Å². The molecule has 0 unspecified atom stereocenters. The lowest BCUT2D eigenvalue weighted by Crippen LogP contribution is -2.39. The molecule has 4 aromatic rings. The van der Waals surface area contributed by atoms with Crippen molar-refractivity contribution in [3.63, 3.8) is 0 Å². The van der Waals surface area contributed by atoms with Gasteiger partial charge in [0.25, 0.3) is 0 Å². The summed E-state index contributed by atoms with van der Waals surface area (Å²) in [4.78, 5) is 9.80. The molecule has 0 fully saturated rings. The van der Waals surface area contributed by atoms with Crippen molar-refractivity contribution in [3.05, 3.63) is 108 Å². The number of para-hydroxylation sites is 2. The monoisotopic (exact) mass is 417 g/mol. The van der Waals surface area contributed by atoms with Gasteiger partial charge in [-0.1, -0.05) is 60.7 Å². The second kappa shape index (κ2) is 7.41. The first-order valence-electron chi connectivity index (χ1n) is 10.7. The van der Waals surface area contributed by atoms with Crippen molar-refractivity contribution in [3.8, 4) is 0 Å². The van der Waals surface area contributed by atoms with Crippen LogP contribution >= 0.6 is 7.26 Å². The third-order valence-corrected chi connectivity index (χ3v) is 10.6. The van der Waals surface area contributed by atoms with Crippen molar-refractivity contribution in [2.24, 2.45) is 9.98 Å². The van der Waals surface area contributed by atoms with Gasteiger partial charge in [0.05, 0.1) is 0 Å². The lowest BCUT2D eigenvalue weighted by atomic mass is 10.1. The van der Waals surface area contributed by atoms with Crippen LogP contribution in [0.3, 0.4) is 0 Å². The van der Waals surface area contributed by atoms with Crippen LogP contribution in [-0.2, 0) is 12.8 Å². The molecule has 3 heteroatoms. The first-order valence-corrected chi connectivity index (χ1v) is 12.5. The van der Waals surface area contributed by atoms with E-state index in [0.717, 1.165) is 24.2 Å². The van der Waals surface area contributed by atoms with Gasteiger partial charge in [-0.15, -0.1) is 0 Å². The van der Waals surface area contributed by atoms with Gasteiger partial charge in [0, 0.05) is 25.3 Å². The Balaban J connectivity index is 1.81. The Labute approximate surface area is 183 Å². The maximum absolute atomic E-state index is 4.90. The second-order valence-electron chi connectivity index (χ2n) is 7.94. The largest absolute Gasteiger partial charge is 0.256 e. The highest BCUT2D eigenvalue weighted by atomic mass is 31.2. The second-order valence-corrected chi connectivity index (χ2v) is 11.3. The maximum atomic E-state index is 4.90. The zero-order valence-electron chi connectivity index (χ0n) is 17.1. The van der Waals surface area contributed by atoms with Gasteiger partial charge in [0.1, 0.15) is 39.9 Å². The topological polar surface area (TPSA) is 24.7 Å². The molecule has 0 atom stereocenters. The number of hydrogen-bond donors (Lipinski definition) is 0. The number of nitrogens with zero attached hydrogens (tertiary/aromatic N) is 2. The van der Waals surface area contributed by atoms with Gasteiger partial charge in [0.15, 0.2) is 0 Å². The van der Waals surface area contributed by atoms with Crippen LogP contribution in [0, 0.1) is 0 Å². The van der Waals surface area contributed by atoms with Gasteiger partial charge in [-0.05, 0) is 47.5 Å². The van der Waals surface area contributed by atoms with E-state index in [4.69, 9.17) is 9.98 Å². The van der Waals surface area contributed by atoms with Crippen LogP contribution in [-0.4, -0.2) is 12.4 Å². The van der Waals surface area contributed by atoms with Crippen LogP contribution in [0.1, 0.15) is 11.1 Å². The normalized spacial score (nSPS) is 13.9. The van der Waals surface area contributed by atoms with Crippen LogP contribution in [0.15, 0.2) is 107 Å². The first-order chi connectivity index (χ1) is 15.4. The van der Waals surface area contributed by atoms with Gasteiger partial charge >= 0.3 is 0 Å². The van der Waals surface area contributed by atoms with E-state index in [1.807, 2.05) is 12.4 Å². The Morgan fingerprint density at radius 3 is 1.39 bits per heavy atom. The third-order valence-electron chi connectivity index (χ3n) is 6.27. The summed E-state index contributed by atoms with van der Waals surface area (Å²) in [6, 6.07) is 35.4. The van der Waals surface area contributed by atoms with E-state index >= 15 is 0 Å². The van der Waals surface area contributed by atoms with Crippen LogP contribution in [0.5, 0.6) is 0 Å². The fourth-order valence-corrected chi connectivity index (χ4v) is 9.50. The standard InChI is InChI=1S/C28H22N2P/c1-3-11-23(12-4-1)31(24-13-5-2-6-14-24,25-15-7-9-21-17-19-29-27(21)25)26-16-8-10-22-18-20-30-28(22)26/h1-16,19-20H,17-18H2/q+1. The first kappa shape index (κ1) is 18.4. The Kier molecular flexibility index (Phi) is 4.40. The lowest BCUT2D eigenvalue weighted by molar-refractivity contribution is 1.42. The average molecular weight is 417 g/mol. The quantitative estimate of drug-likeness (QED) is 0.425. The maximum Gasteiger partial charge on any atom is 0.148 e. The van der Waals surface area contributed by atoms with E-state index in [-0.39, 0.29) is 0 Å². The molecule has 6 rings (SSSR count). The van der Waals surface area contributed by atoms with Crippen LogP contribution < -0.4 is 21.2 Å². The lowest BCUT2D eigenvalue weighted by Gasteiger charge is -2.29. The van der Waals surface area contributed by atoms with E-state index in [0.29, 0.717) is 0 Å². The molecule has 0 N–H and O–H groups in total. The van der Waals surface area contributed by atoms with E-state index in [2.05, 4.69) is 97.1 Å². The third kappa shape index (κ3) is 2.76. The SMILES string of the molecule is C1=Nc2c(cccc2[P+](c2ccccc2)(c2ccccc2)c2cccc3c2N=CC3)C1. The highest BCUT2D eigenvalue weighted by molar-refractivity contribution is 8.02. The number of rotatable bonds is 4. The smallest absolute Gasteiger partial charge is 0.148 e. The summed E-state index contributed by atoms with van der Waals surface area (Å²) in [7, 11) is -2.22. The Hall–Kier alpha value is -3.35. The molecule has 4 aromatic carbocycles. The van der Waals surface area contributed by atoms with Crippen molar-refractivity contribution in [1.82, 2.24) is 0 Å². The molecule has 0 radical (unpaired) electrons. The van der Waals surface area contributed by atoms with Gasteiger partial charge in [-0.25, -0.2) is 0 Å². The number of fused-ring (bicyclic) bond motifs is 2. The highest BCUT2D eigenvalue weighted by Crippen LogP contribution is 2.59. The minimum atomic E-state index is -2.22. The number of hydrogen-bond acceptors (Lipinski definition) is 2. The van der Waals surface area contributed by atoms with E-state index in [9.17, 15) is 0 Å². The summed E-state index contributed by atoms with van der Waals surface area (Å²) in [5.74, 6) is 0. The van der Waals surface area contributed by atoms with Crippen molar-refractivity contribution < 1.29 is 0 Å². The van der Waals surface area contributed by atoms with Crippen molar-refractivity contribution in [2.75, 3.05) is 0 Å². The molecule has 148 valence electrons. The molecule has 2 heterocycles. The molecule has 0 aliphatic carbocycles.